The molecule has 1 fully saturated rings. The van der Waals surface area contributed by atoms with Gasteiger partial charge in [-0.1, -0.05) is 0 Å². The van der Waals surface area contributed by atoms with Crippen molar-refractivity contribution < 1.29 is 32.6 Å². The maximum Gasteiger partial charge on any atom is 0.411 e. The first kappa shape index (κ1) is 16.6. The van der Waals surface area contributed by atoms with Crippen molar-refractivity contribution in [3.63, 3.8) is 0 Å². The molecule has 2 atom stereocenters. The highest BCUT2D eigenvalue weighted by molar-refractivity contribution is 5.80. The number of hydrogen-bond acceptors (Lipinski definition) is 3. The quantitative estimate of drug-likeness (QED) is 0.808. The number of alkyl halides is 3. The number of halogens is 3. The van der Waals surface area contributed by atoms with Gasteiger partial charge in [0.05, 0.1) is 5.92 Å². The van der Waals surface area contributed by atoms with Gasteiger partial charge in [0.2, 0.25) is 0 Å². The molecule has 0 spiro atoms. The Balaban J connectivity index is 2.89. The standard InChI is InChI=1S/C12H18F3NO4/c1-11(2,3)20-10(19)16-6-7(12(13,14)15)4-5-8(16)9(17)18/h7-8H,4-6H2,1-3H3,(H,17,18)/t7-,8+/m1/s1. The first-order valence-electron chi connectivity index (χ1n) is 6.21. The van der Waals surface area contributed by atoms with Crippen LogP contribution < -0.4 is 0 Å². The summed E-state index contributed by atoms with van der Waals surface area (Å²) in [6.45, 7) is 4.00. The second kappa shape index (κ2) is 5.49. The van der Waals surface area contributed by atoms with Crippen LogP contribution in [0.3, 0.4) is 0 Å². The average molecular weight is 297 g/mol. The lowest BCUT2D eigenvalue weighted by molar-refractivity contribution is -0.191. The first-order chi connectivity index (χ1) is 8.92. The molecular formula is C12H18F3NO4. The largest absolute Gasteiger partial charge is 0.480 e. The Morgan fingerprint density at radius 1 is 1.20 bits per heavy atom. The molecule has 0 aromatic carbocycles. The second-order valence-corrected chi connectivity index (χ2v) is 5.80. The summed E-state index contributed by atoms with van der Waals surface area (Å²) >= 11 is 0. The van der Waals surface area contributed by atoms with Gasteiger partial charge in [-0.25, -0.2) is 9.59 Å². The first-order valence-corrected chi connectivity index (χ1v) is 6.21. The number of rotatable bonds is 1. The van der Waals surface area contributed by atoms with Crippen LogP contribution >= 0.6 is 0 Å². The van der Waals surface area contributed by atoms with E-state index in [1.54, 1.807) is 20.8 Å². The number of piperidine rings is 1. The van der Waals surface area contributed by atoms with Crippen molar-refractivity contribution in [2.24, 2.45) is 5.92 Å². The molecule has 20 heavy (non-hydrogen) atoms. The van der Waals surface area contributed by atoms with Crippen LogP contribution in [0.5, 0.6) is 0 Å². The van der Waals surface area contributed by atoms with E-state index in [9.17, 15) is 22.8 Å². The molecule has 116 valence electrons. The highest BCUT2D eigenvalue weighted by Gasteiger charge is 2.47. The number of nitrogens with zero attached hydrogens (tertiary/aromatic N) is 1. The Morgan fingerprint density at radius 3 is 2.15 bits per heavy atom. The summed E-state index contributed by atoms with van der Waals surface area (Å²) in [6.07, 6.45) is -6.03. The predicted molar refractivity (Wildman–Crippen MR) is 63.1 cm³/mol. The van der Waals surface area contributed by atoms with Crippen LogP contribution in [0.25, 0.3) is 0 Å². The van der Waals surface area contributed by atoms with Crippen molar-refractivity contribution in [3.05, 3.63) is 0 Å². The van der Waals surface area contributed by atoms with E-state index in [1.165, 1.54) is 0 Å². The van der Waals surface area contributed by atoms with Crippen LogP contribution in [-0.2, 0) is 9.53 Å². The summed E-state index contributed by atoms with van der Waals surface area (Å²) in [7, 11) is 0. The molecule has 1 rings (SSSR count). The summed E-state index contributed by atoms with van der Waals surface area (Å²) in [5.41, 5.74) is -0.898. The zero-order valence-electron chi connectivity index (χ0n) is 11.5. The third kappa shape index (κ3) is 4.28. The van der Waals surface area contributed by atoms with Gasteiger partial charge in [0, 0.05) is 6.54 Å². The van der Waals surface area contributed by atoms with Crippen molar-refractivity contribution in [2.75, 3.05) is 6.54 Å². The van der Waals surface area contributed by atoms with Gasteiger partial charge in [-0.15, -0.1) is 0 Å². The Kier molecular flexibility index (Phi) is 4.55. The van der Waals surface area contributed by atoms with Crippen molar-refractivity contribution in [3.8, 4) is 0 Å². The minimum absolute atomic E-state index is 0.237. The Labute approximate surface area is 114 Å². The van der Waals surface area contributed by atoms with Crippen LogP contribution in [0, 0.1) is 5.92 Å². The fourth-order valence-corrected chi connectivity index (χ4v) is 2.02. The maximum absolute atomic E-state index is 12.7. The molecule has 1 amide bonds. The number of ether oxygens (including phenoxy) is 1. The van der Waals surface area contributed by atoms with Crippen molar-refractivity contribution >= 4 is 12.1 Å². The molecule has 0 saturated carbocycles. The van der Waals surface area contributed by atoms with Gasteiger partial charge in [-0.3, -0.25) is 4.90 Å². The topological polar surface area (TPSA) is 66.8 Å². The molecular weight excluding hydrogens is 279 g/mol. The van der Waals surface area contributed by atoms with E-state index < -0.39 is 42.3 Å². The molecule has 0 radical (unpaired) electrons. The molecule has 1 aliphatic heterocycles. The van der Waals surface area contributed by atoms with Gasteiger partial charge < -0.3 is 9.84 Å². The van der Waals surface area contributed by atoms with E-state index >= 15 is 0 Å². The Morgan fingerprint density at radius 2 is 1.75 bits per heavy atom. The molecule has 0 aromatic heterocycles. The molecule has 1 heterocycles. The van der Waals surface area contributed by atoms with Crippen LogP contribution in [0.1, 0.15) is 33.6 Å². The lowest BCUT2D eigenvalue weighted by Crippen LogP contribution is -2.54. The highest BCUT2D eigenvalue weighted by Crippen LogP contribution is 2.35. The van der Waals surface area contributed by atoms with Crippen LogP contribution in [0.15, 0.2) is 0 Å². The minimum atomic E-state index is -4.45. The number of hydrogen-bond donors (Lipinski definition) is 1. The number of carboxylic acids is 1. The Hall–Kier alpha value is -1.47. The zero-order chi connectivity index (χ0) is 15.7. The normalized spacial score (nSPS) is 24.4. The number of aliphatic carboxylic acids is 1. The fraction of sp³-hybridized carbons (Fsp3) is 0.833. The SMILES string of the molecule is CC(C)(C)OC(=O)N1C[C@H](C(F)(F)F)CC[C@H]1C(=O)O. The monoisotopic (exact) mass is 297 g/mol. The molecule has 5 nitrogen and oxygen atoms in total. The van der Waals surface area contributed by atoms with Crippen molar-refractivity contribution in [1.82, 2.24) is 4.90 Å². The van der Waals surface area contributed by atoms with E-state index in [0.29, 0.717) is 4.90 Å². The number of likely N-dealkylation sites (tertiary alicyclic amines) is 1. The summed E-state index contributed by atoms with van der Waals surface area (Å²) in [5.74, 6) is -3.04. The predicted octanol–water partition coefficient (Wildman–Crippen LogP) is 2.65. The molecule has 8 heteroatoms. The van der Waals surface area contributed by atoms with Crippen molar-refractivity contribution in [1.29, 1.82) is 0 Å². The summed E-state index contributed by atoms with van der Waals surface area (Å²) in [6, 6.07) is -1.27. The number of carboxylic acid groups (broad SMARTS) is 1. The van der Waals surface area contributed by atoms with Gasteiger partial charge >= 0.3 is 18.2 Å². The van der Waals surface area contributed by atoms with Gasteiger partial charge in [0.15, 0.2) is 0 Å². The van der Waals surface area contributed by atoms with Crippen LogP contribution in [0.4, 0.5) is 18.0 Å². The number of amides is 1. The number of carbonyl (C=O) groups excluding carboxylic acids is 1. The van der Waals surface area contributed by atoms with Crippen LogP contribution in [0.2, 0.25) is 0 Å². The third-order valence-electron chi connectivity index (χ3n) is 2.96. The molecule has 1 saturated heterocycles. The smallest absolute Gasteiger partial charge is 0.411 e. The van der Waals surface area contributed by atoms with E-state index in [0.717, 1.165) is 0 Å². The van der Waals surface area contributed by atoms with Gasteiger partial charge in [-0.2, -0.15) is 13.2 Å². The van der Waals surface area contributed by atoms with E-state index in [1.807, 2.05) is 0 Å². The molecule has 1 aliphatic rings. The molecule has 0 unspecified atom stereocenters. The van der Waals surface area contributed by atoms with Gasteiger partial charge in [0.1, 0.15) is 11.6 Å². The Bertz CT molecular complexity index is 389. The average Bonchev–Trinajstić information content (AvgIpc) is 2.24. The third-order valence-corrected chi connectivity index (χ3v) is 2.96. The summed E-state index contributed by atoms with van der Waals surface area (Å²) in [5, 5.41) is 9.01. The highest BCUT2D eigenvalue weighted by atomic mass is 19.4. The lowest BCUT2D eigenvalue weighted by Gasteiger charge is -2.38. The van der Waals surface area contributed by atoms with Crippen LogP contribution in [-0.4, -0.2) is 46.4 Å². The zero-order valence-corrected chi connectivity index (χ0v) is 11.5. The summed E-state index contributed by atoms with van der Waals surface area (Å²) in [4.78, 5) is 23.6. The molecule has 0 aliphatic carbocycles. The lowest BCUT2D eigenvalue weighted by atomic mass is 9.92. The minimum Gasteiger partial charge on any atom is -0.480 e. The maximum atomic E-state index is 12.7. The van der Waals surface area contributed by atoms with Gasteiger partial charge in [0.25, 0.3) is 0 Å². The molecule has 1 N–H and O–H groups in total. The second-order valence-electron chi connectivity index (χ2n) is 5.80. The van der Waals surface area contributed by atoms with E-state index in [4.69, 9.17) is 9.84 Å². The molecule has 0 aromatic rings. The van der Waals surface area contributed by atoms with E-state index in [-0.39, 0.29) is 12.8 Å². The van der Waals surface area contributed by atoms with Crippen molar-refractivity contribution in [2.45, 2.75) is 51.4 Å². The summed E-state index contributed by atoms with van der Waals surface area (Å²) < 4.78 is 43.1. The molecule has 0 bridgehead atoms. The fourth-order valence-electron chi connectivity index (χ4n) is 2.02. The van der Waals surface area contributed by atoms with Gasteiger partial charge in [-0.05, 0) is 33.6 Å². The number of carbonyl (C=O) groups is 2. The van der Waals surface area contributed by atoms with E-state index in [2.05, 4.69) is 0 Å².